The molecular formula is C24H23N5O. The fraction of sp³-hybridized carbons (Fsp3) is 0.208. The third-order valence-electron chi connectivity index (χ3n) is 5.43. The van der Waals surface area contributed by atoms with Crippen molar-refractivity contribution in [3.63, 3.8) is 0 Å². The molecule has 0 aliphatic heterocycles. The van der Waals surface area contributed by atoms with Crippen LogP contribution in [0.4, 0.5) is 17.1 Å². The van der Waals surface area contributed by atoms with E-state index in [0.717, 1.165) is 52.3 Å². The van der Waals surface area contributed by atoms with Crippen molar-refractivity contribution in [2.24, 2.45) is 7.05 Å². The molecule has 150 valence electrons. The average Bonchev–Trinajstić information content (AvgIpc) is 3.56. The number of hydrogen-bond donors (Lipinski definition) is 2. The lowest BCUT2D eigenvalue weighted by Gasteiger charge is -2.10. The van der Waals surface area contributed by atoms with Gasteiger partial charge in [-0.15, -0.1) is 0 Å². The van der Waals surface area contributed by atoms with Crippen molar-refractivity contribution in [2.75, 3.05) is 10.6 Å². The molecular weight excluding hydrogens is 374 g/mol. The molecule has 0 atom stereocenters. The Labute approximate surface area is 174 Å². The van der Waals surface area contributed by atoms with Gasteiger partial charge in [-0.05, 0) is 62.2 Å². The molecule has 4 aromatic rings. The number of fused-ring (bicyclic) bond motifs is 1. The number of carbonyl (C=O) groups is 1. The Morgan fingerprint density at radius 2 is 1.67 bits per heavy atom. The summed E-state index contributed by atoms with van der Waals surface area (Å²) in [5, 5.41) is 11.7. The summed E-state index contributed by atoms with van der Waals surface area (Å²) >= 11 is 0. The zero-order chi connectivity index (χ0) is 20.7. The molecule has 0 radical (unpaired) electrons. The van der Waals surface area contributed by atoms with Crippen LogP contribution in [0.5, 0.6) is 0 Å². The Balaban J connectivity index is 1.40. The molecule has 2 heterocycles. The summed E-state index contributed by atoms with van der Waals surface area (Å²) in [5.41, 5.74) is 5.94. The van der Waals surface area contributed by atoms with Gasteiger partial charge in [0.2, 0.25) is 0 Å². The first-order valence-electron chi connectivity index (χ1n) is 10.2. The van der Waals surface area contributed by atoms with Crippen LogP contribution in [0.2, 0.25) is 0 Å². The standard InChI is InChI=1S/C24H23N5O/c1-15-22-20(14-21(16-8-9-16)27-23(22)29(2)28-15)24(30)26-19-12-10-18(11-13-19)25-17-6-4-3-5-7-17/h3-7,10-14,16,25H,8-9H2,1-2H3,(H,26,30). The number of aryl methyl sites for hydroxylation is 2. The van der Waals surface area contributed by atoms with Crippen LogP contribution < -0.4 is 10.6 Å². The number of nitrogens with one attached hydrogen (secondary N) is 2. The lowest BCUT2D eigenvalue weighted by Crippen LogP contribution is -2.13. The molecule has 1 fully saturated rings. The SMILES string of the molecule is Cc1nn(C)c2nc(C3CC3)cc(C(=O)Nc3ccc(Nc4ccccc4)cc3)c12. The predicted molar refractivity (Wildman–Crippen MR) is 119 cm³/mol. The van der Waals surface area contributed by atoms with Gasteiger partial charge in [-0.1, -0.05) is 18.2 Å². The van der Waals surface area contributed by atoms with Gasteiger partial charge in [0.25, 0.3) is 5.91 Å². The van der Waals surface area contributed by atoms with Crippen LogP contribution in [0.3, 0.4) is 0 Å². The molecule has 1 amide bonds. The summed E-state index contributed by atoms with van der Waals surface area (Å²) in [6.07, 6.45) is 2.26. The van der Waals surface area contributed by atoms with E-state index in [2.05, 4.69) is 15.7 Å². The van der Waals surface area contributed by atoms with E-state index in [4.69, 9.17) is 4.98 Å². The molecule has 2 N–H and O–H groups in total. The summed E-state index contributed by atoms with van der Waals surface area (Å²) in [5.74, 6) is 0.323. The Morgan fingerprint density at radius 3 is 2.37 bits per heavy atom. The second-order valence-electron chi connectivity index (χ2n) is 7.80. The normalized spacial score (nSPS) is 13.4. The number of carbonyl (C=O) groups excluding carboxylic acids is 1. The number of aromatic nitrogens is 3. The van der Waals surface area contributed by atoms with Gasteiger partial charge in [-0.2, -0.15) is 5.10 Å². The van der Waals surface area contributed by atoms with Crippen molar-refractivity contribution < 1.29 is 4.79 Å². The molecule has 0 spiro atoms. The summed E-state index contributed by atoms with van der Waals surface area (Å²) in [6, 6.07) is 19.6. The highest BCUT2D eigenvalue weighted by atomic mass is 16.1. The predicted octanol–water partition coefficient (Wildman–Crippen LogP) is 5.15. The lowest BCUT2D eigenvalue weighted by atomic mass is 10.1. The molecule has 0 bridgehead atoms. The third-order valence-corrected chi connectivity index (χ3v) is 5.43. The van der Waals surface area contributed by atoms with Crippen molar-refractivity contribution in [2.45, 2.75) is 25.7 Å². The summed E-state index contributed by atoms with van der Waals surface area (Å²) in [6.45, 7) is 1.92. The first-order chi connectivity index (χ1) is 14.6. The monoisotopic (exact) mass is 397 g/mol. The smallest absolute Gasteiger partial charge is 0.256 e. The van der Waals surface area contributed by atoms with E-state index < -0.39 is 0 Å². The fourth-order valence-corrected chi connectivity index (χ4v) is 3.75. The van der Waals surface area contributed by atoms with Crippen LogP contribution in [0.25, 0.3) is 11.0 Å². The molecule has 30 heavy (non-hydrogen) atoms. The van der Waals surface area contributed by atoms with Gasteiger partial charge < -0.3 is 10.6 Å². The molecule has 5 rings (SSSR count). The Kier molecular flexibility index (Phi) is 4.47. The molecule has 6 heteroatoms. The maximum atomic E-state index is 13.2. The number of benzene rings is 2. The Bertz CT molecular complexity index is 1220. The largest absolute Gasteiger partial charge is 0.356 e. The maximum Gasteiger partial charge on any atom is 0.256 e. The number of nitrogens with zero attached hydrogens (tertiary/aromatic N) is 3. The van der Waals surface area contributed by atoms with Crippen LogP contribution in [-0.2, 0) is 7.05 Å². The van der Waals surface area contributed by atoms with Crippen LogP contribution in [0, 0.1) is 6.92 Å². The van der Waals surface area contributed by atoms with Crippen LogP contribution in [0.15, 0.2) is 60.7 Å². The zero-order valence-corrected chi connectivity index (χ0v) is 17.0. The van der Waals surface area contributed by atoms with Crippen molar-refractivity contribution in [1.29, 1.82) is 0 Å². The Morgan fingerprint density at radius 1 is 1.00 bits per heavy atom. The highest BCUT2D eigenvalue weighted by molar-refractivity contribution is 6.12. The minimum atomic E-state index is -0.135. The van der Waals surface area contributed by atoms with Gasteiger partial charge in [0.15, 0.2) is 5.65 Å². The topological polar surface area (TPSA) is 71.8 Å². The second kappa shape index (κ2) is 7.30. The minimum Gasteiger partial charge on any atom is -0.356 e. The first kappa shape index (κ1) is 18.4. The van der Waals surface area contributed by atoms with Crippen molar-refractivity contribution >= 4 is 34.0 Å². The number of para-hydroxylation sites is 1. The quantitative estimate of drug-likeness (QED) is 0.488. The summed E-state index contributed by atoms with van der Waals surface area (Å²) in [4.78, 5) is 17.9. The molecule has 1 aliphatic carbocycles. The lowest BCUT2D eigenvalue weighted by molar-refractivity contribution is 0.102. The van der Waals surface area contributed by atoms with E-state index in [1.807, 2.05) is 74.6 Å². The molecule has 2 aromatic carbocycles. The van der Waals surface area contributed by atoms with Crippen LogP contribution in [0.1, 0.15) is 40.5 Å². The summed E-state index contributed by atoms with van der Waals surface area (Å²) in [7, 11) is 1.87. The second-order valence-corrected chi connectivity index (χ2v) is 7.80. The van der Waals surface area contributed by atoms with Gasteiger partial charge in [0.1, 0.15) is 0 Å². The number of rotatable bonds is 5. The first-order valence-corrected chi connectivity index (χ1v) is 10.2. The van der Waals surface area contributed by atoms with E-state index in [9.17, 15) is 4.79 Å². The van der Waals surface area contributed by atoms with Gasteiger partial charge >= 0.3 is 0 Å². The van der Waals surface area contributed by atoms with E-state index in [1.54, 1.807) is 4.68 Å². The fourth-order valence-electron chi connectivity index (χ4n) is 3.75. The number of amides is 1. The third kappa shape index (κ3) is 3.52. The highest BCUT2D eigenvalue weighted by Gasteiger charge is 2.28. The van der Waals surface area contributed by atoms with Crippen molar-refractivity contribution in [3.05, 3.63) is 77.6 Å². The van der Waals surface area contributed by atoms with Gasteiger partial charge in [0, 0.05) is 35.7 Å². The number of anilines is 3. The number of hydrogen-bond acceptors (Lipinski definition) is 4. The number of pyridine rings is 1. The zero-order valence-electron chi connectivity index (χ0n) is 17.0. The van der Waals surface area contributed by atoms with Crippen LogP contribution >= 0.6 is 0 Å². The van der Waals surface area contributed by atoms with E-state index in [0.29, 0.717) is 11.5 Å². The maximum absolute atomic E-state index is 13.2. The van der Waals surface area contributed by atoms with Crippen molar-refractivity contribution in [1.82, 2.24) is 14.8 Å². The van der Waals surface area contributed by atoms with E-state index in [-0.39, 0.29) is 5.91 Å². The highest BCUT2D eigenvalue weighted by Crippen LogP contribution is 2.40. The van der Waals surface area contributed by atoms with Gasteiger partial charge in [0.05, 0.1) is 16.6 Å². The molecule has 0 saturated heterocycles. The van der Waals surface area contributed by atoms with E-state index >= 15 is 0 Å². The molecule has 2 aromatic heterocycles. The molecule has 1 saturated carbocycles. The Hall–Kier alpha value is -3.67. The summed E-state index contributed by atoms with van der Waals surface area (Å²) < 4.78 is 1.76. The van der Waals surface area contributed by atoms with E-state index in [1.165, 1.54) is 0 Å². The molecule has 0 unspecified atom stereocenters. The van der Waals surface area contributed by atoms with Gasteiger partial charge in [-0.25, -0.2) is 4.98 Å². The molecule has 1 aliphatic rings. The van der Waals surface area contributed by atoms with Crippen molar-refractivity contribution in [3.8, 4) is 0 Å². The molecule has 6 nitrogen and oxygen atoms in total. The average molecular weight is 397 g/mol. The van der Waals surface area contributed by atoms with Gasteiger partial charge in [-0.3, -0.25) is 9.48 Å². The van der Waals surface area contributed by atoms with Crippen LogP contribution in [-0.4, -0.2) is 20.7 Å². The minimum absolute atomic E-state index is 0.135.